The third-order valence-corrected chi connectivity index (χ3v) is 5.26. The van der Waals surface area contributed by atoms with Gasteiger partial charge in [-0.2, -0.15) is 5.26 Å². The summed E-state index contributed by atoms with van der Waals surface area (Å²) in [6.45, 7) is 9.37. The van der Waals surface area contributed by atoms with Crippen LogP contribution in [0.15, 0.2) is 36.4 Å². The lowest BCUT2D eigenvalue weighted by Crippen LogP contribution is -2.42. The minimum Gasteiger partial charge on any atom is -0.486 e. The lowest BCUT2D eigenvalue weighted by Gasteiger charge is -2.33. The number of hydrogen-bond acceptors (Lipinski definition) is 5. The van der Waals surface area contributed by atoms with E-state index in [0.717, 1.165) is 36.2 Å². The molecule has 1 fully saturated rings. The van der Waals surface area contributed by atoms with E-state index in [1.807, 2.05) is 64.1 Å². The molecule has 0 aliphatic carbocycles. The summed E-state index contributed by atoms with van der Waals surface area (Å²) in [7, 11) is 0. The Kier molecular flexibility index (Phi) is 7.17. The predicted octanol–water partition coefficient (Wildman–Crippen LogP) is 5.03. The summed E-state index contributed by atoms with van der Waals surface area (Å²) in [4.78, 5) is 18.8. The number of hydrogen-bond donors (Lipinski definition) is 0. The molecule has 0 spiro atoms. The van der Waals surface area contributed by atoms with Crippen LogP contribution in [0, 0.1) is 24.2 Å². The topological polar surface area (TPSA) is 75.4 Å². The fourth-order valence-electron chi connectivity index (χ4n) is 3.67. The molecule has 1 aromatic carbocycles. The normalized spacial score (nSPS) is 14.7. The summed E-state index contributed by atoms with van der Waals surface area (Å²) < 4.78 is 11.3. The molecule has 6 nitrogen and oxygen atoms in total. The number of piperidine rings is 1. The van der Waals surface area contributed by atoms with Gasteiger partial charge in [0.25, 0.3) is 0 Å². The minimum absolute atomic E-state index is 0.226. The molecule has 1 aliphatic heterocycles. The van der Waals surface area contributed by atoms with E-state index in [9.17, 15) is 10.1 Å². The molecule has 0 atom stereocenters. The number of aryl methyl sites for hydroxylation is 1. The molecular weight excluding hydrogens is 390 g/mol. The number of nitriles is 1. The van der Waals surface area contributed by atoms with E-state index in [1.165, 1.54) is 0 Å². The van der Waals surface area contributed by atoms with E-state index in [4.69, 9.17) is 14.5 Å². The van der Waals surface area contributed by atoms with Gasteiger partial charge < -0.3 is 14.4 Å². The lowest BCUT2D eigenvalue weighted by molar-refractivity contribution is 0.0184. The molecule has 0 unspecified atom stereocenters. The average Bonchev–Trinajstić information content (AvgIpc) is 2.72. The molecule has 164 valence electrons. The van der Waals surface area contributed by atoms with Crippen LogP contribution in [0.5, 0.6) is 5.75 Å². The third-order valence-electron chi connectivity index (χ3n) is 5.26. The van der Waals surface area contributed by atoms with Gasteiger partial charge in [-0.25, -0.2) is 4.79 Å². The largest absolute Gasteiger partial charge is 0.486 e. The van der Waals surface area contributed by atoms with Gasteiger partial charge in [0.05, 0.1) is 11.3 Å². The predicted molar refractivity (Wildman–Crippen MR) is 119 cm³/mol. The molecule has 1 aromatic heterocycles. The van der Waals surface area contributed by atoms with Gasteiger partial charge in [0.1, 0.15) is 24.0 Å². The van der Waals surface area contributed by atoms with Crippen molar-refractivity contribution in [1.29, 1.82) is 5.26 Å². The van der Waals surface area contributed by atoms with Gasteiger partial charge >= 0.3 is 6.09 Å². The first-order chi connectivity index (χ1) is 14.7. The third kappa shape index (κ3) is 6.71. The van der Waals surface area contributed by atoms with Crippen molar-refractivity contribution in [2.24, 2.45) is 5.92 Å². The molecule has 3 rings (SSSR count). The molecule has 0 bridgehead atoms. The van der Waals surface area contributed by atoms with Crippen LogP contribution in [-0.2, 0) is 17.8 Å². The van der Waals surface area contributed by atoms with Crippen molar-refractivity contribution in [3.8, 4) is 11.8 Å². The van der Waals surface area contributed by atoms with Crippen LogP contribution in [0.3, 0.4) is 0 Å². The van der Waals surface area contributed by atoms with Crippen LogP contribution in [0.1, 0.15) is 56.1 Å². The molecule has 0 saturated carbocycles. The number of rotatable bonds is 5. The van der Waals surface area contributed by atoms with Crippen LogP contribution in [0.2, 0.25) is 0 Å². The summed E-state index contributed by atoms with van der Waals surface area (Å²) in [5, 5.41) is 9.30. The lowest BCUT2D eigenvalue weighted by atomic mass is 9.92. The zero-order valence-electron chi connectivity index (χ0n) is 18.9. The van der Waals surface area contributed by atoms with Crippen LogP contribution in [-0.4, -0.2) is 34.7 Å². The van der Waals surface area contributed by atoms with Gasteiger partial charge in [-0.05, 0) is 82.7 Å². The molecule has 0 radical (unpaired) electrons. The van der Waals surface area contributed by atoms with Gasteiger partial charge in [-0.1, -0.05) is 12.1 Å². The number of likely N-dealkylation sites (tertiary alicyclic amines) is 1. The second-order valence-electron chi connectivity index (χ2n) is 9.14. The summed E-state index contributed by atoms with van der Waals surface area (Å²) in [6.07, 6.45) is 2.54. The van der Waals surface area contributed by atoms with Crippen molar-refractivity contribution in [1.82, 2.24) is 9.88 Å². The van der Waals surface area contributed by atoms with Crippen LogP contribution < -0.4 is 4.74 Å². The molecule has 2 heterocycles. The standard InChI is InChI=1S/C25H31N3O3/c1-18-8-9-23(20(14-18)16-26)30-17-22-7-5-6-21(27-22)15-19-10-12-28(13-11-19)24(29)31-25(2,3)4/h5-9,14,19H,10-13,15,17H2,1-4H3. The van der Waals surface area contributed by atoms with Crippen molar-refractivity contribution >= 4 is 6.09 Å². The molecule has 0 N–H and O–H groups in total. The maximum atomic E-state index is 12.2. The van der Waals surface area contributed by atoms with Gasteiger partial charge in [-0.15, -0.1) is 0 Å². The molecule has 6 heteroatoms. The van der Waals surface area contributed by atoms with Gasteiger partial charge in [0, 0.05) is 18.8 Å². The zero-order chi connectivity index (χ0) is 22.4. The first kappa shape index (κ1) is 22.6. The number of carbonyl (C=O) groups excluding carboxylic acids is 1. The van der Waals surface area contributed by atoms with Crippen molar-refractivity contribution < 1.29 is 14.3 Å². The van der Waals surface area contributed by atoms with E-state index in [1.54, 1.807) is 4.90 Å². The van der Waals surface area contributed by atoms with Crippen molar-refractivity contribution in [3.63, 3.8) is 0 Å². The van der Waals surface area contributed by atoms with Crippen molar-refractivity contribution in [3.05, 3.63) is 58.9 Å². The maximum absolute atomic E-state index is 12.2. The number of pyridine rings is 1. The van der Waals surface area contributed by atoms with Gasteiger partial charge in [-0.3, -0.25) is 4.98 Å². The highest BCUT2D eigenvalue weighted by atomic mass is 16.6. The Morgan fingerprint density at radius 3 is 2.58 bits per heavy atom. The highest BCUT2D eigenvalue weighted by molar-refractivity contribution is 5.68. The summed E-state index contributed by atoms with van der Waals surface area (Å²) in [5.41, 5.74) is 2.97. The molecular formula is C25H31N3O3. The first-order valence-electron chi connectivity index (χ1n) is 10.8. The second kappa shape index (κ2) is 9.82. The van der Waals surface area contributed by atoms with E-state index in [-0.39, 0.29) is 6.09 Å². The molecule has 1 aliphatic rings. The Labute approximate surface area is 184 Å². The smallest absolute Gasteiger partial charge is 0.410 e. The van der Waals surface area contributed by atoms with Gasteiger partial charge in [0.2, 0.25) is 0 Å². The minimum atomic E-state index is -0.465. The highest BCUT2D eigenvalue weighted by Gasteiger charge is 2.27. The number of aromatic nitrogens is 1. The summed E-state index contributed by atoms with van der Waals surface area (Å²) in [5.74, 6) is 1.07. The fourth-order valence-corrected chi connectivity index (χ4v) is 3.67. The van der Waals surface area contributed by atoms with Crippen LogP contribution in [0.4, 0.5) is 4.79 Å². The Bertz CT molecular complexity index is 951. The van der Waals surface area contributed by atoms with Crippen LogP contribution >= 0.6 is 0 Å². The molecule has 2 aromatic rings. The Hall–Kier alpha value is -3.07. The number of carbonyl (C=O) groups is 1. The summed E-state index contributed by atoms with van der Waals surface area (Å²) in [6, 6.07) is 13.7. The fraction of sp³-hybridized carbons (Fsp3) is 0.480. The number of ether oxygens (including phenoxy) is 2. The zero-order valence-corrected chi connectivity index (χ0v) is 18.9. The molecule has 1 amide bonds. The maximum Gasteiger partial charge on any atom is 0.410 e. The second-order valence-corrected chi connectivity index (χ2v) is 9.14. The average molecular weight is 422 g/mol. The quantitative estimate of drug-likeness (QED) is 0.677. The monoisotopic (exact) mass is 421 g/mol. The van der Waals surface area contributed by atoms with Crippen molar-refractivity contribution in [2.75, 3.05) is 13.1 Å². The highest BCUT2D eigenvalue weighted by Crippen LogP contribution is 2.23. The number of benzene rings is 1. The number of nitrogens with zero attached hydrogens (tertiary/aromatic N) is 3. The summed E-state index contributed by atoms with van der Waals surface area (Å²) >= 11 is 0. The molecule has 31 heavy (non-hydrogen) atoms. The molecule has 1 saturated heterocycles. The van der Waals surface area contributed by atoms with E-state index in [0.29, 0.717) is 36.9 Å². The van der Waals surface area contributed by atoms with E-state index in [2.05, 4.69) is 6.07 Å². The van der Waals surface area contributed by atoms with Gasteiger partial charge in [0.15, 0.2) is 0 Å². The first-order valence-corrected chi connectivity index (χ1v) is 10.8. The van der Waals surface area contributed by atoms with E-state index < -0.39 is 5.60 Å². The Balaban J connectivity index is 1.52. The Morgan fingerprint density at radius 1 is 1.19 bits per heavy atom. The Morgan fingerprint density at radius 2 is 1.90 bits per heavy atom. The van der Waals surface area contributed by atoms with E-state index >= 15 is 0 Å². The van der Waals surface area contributed by atoms with Crippen molar-refractivity contribution in [2.45, 2.75) is 59.2 Å². The SMILES string of the molecule is Cc1ccc(OCc2cccc(CC3CCN(C(=O)OC(C)(C)C)CC3)n2)c(C#N)c1. The number of amides is 1. The van der Waals surface area contributed by atoms with Crippen LogP contribution in [0.25, 0.3) is 0 Å².